The van der Waals surface area contributed by atoms with Gasteiger partial charge in [0, 0.05) is 56.1 Å². The average molecular weight is 507 g/mol. The molecule has 176 valence electrons. The van der Waals surface area contributed by atoms with Gasteiger partial charge < -0.3 is 15.5 Å². The van der Waals surface area contributed by atoms with E-state index in [-0.39, 0.29) is 5.56 Å². The van der Waals surface area contributed by atoms with Gasteiger partial charge >= 0.3 is 0 Å². The van der Waals surface area contributed by atoms with Gasteiger partial charge in [0.1, 0.15) is 5.39 Å². The molecule has 0 spiro atoms. The molecule has 5 aromatic rings. The van der Waals surface area contributed by atoms with Crippen molar-refractivity contribution in [3.63, 3.8) is 0 Å². The average Bonchev–Trinajstić information content (AvgIpc) is 3.37. The molecule has 0 saturated carbocycles. The standard InChI is InChI=1S/C24H20Cl2N8O/c25-18-2-1-3-19(26)20(18)34-22(35)17-14-29-23(31-21(17)33-13-10-28-24(33)34)30-15-4-6-16(7-5-15)32-11-8-27-9-12-32/h1-7,10,13-14,27H,8-9,11-12H2,(H,29,30,31). The summed E-state index contributed by atoms with van der Waals surface area (Å²) in [6.07, 6.45) is 4.83. The number of rotatable bonds is 4. The number of benzene rings is 2. The van der Waals surface area contributed by atoms with Gasteiger partial charge in [-0.05, 0) is 36.4 Å². The van der Waals surface area contributed by atoms with Crippen LogP contribution in [-0.4, -0.2) is 50.1 Å². The largest absolute Gasteiger partial charge is 0.369 e. The third-order valence-electron chi connectivity index (χ3n) is 6.02. The number of hydrogen-bond acceptors (Lipinski definition) is 7. The first-order valence-electron chi connectivity index (χ1n) is 11.1. The highest BCUT2D eigenvalue weighted by Gasteiger charge is 2.19. The fraction of sp³-hybridized carbons (Fsp3) is 0.167. The van der Waals surface area contributed by atoms with Crippen molar-refractivity contribution in [2.75, 3.05) is 36.4 Å². The summed E-state index contributed by atoms with van der Waals surface area (Å²) in [7, 11) is 0. The maximum absolute atomic E-state index is 13.5. The molecule has 2 N–H and O–H groups in total. The predicted octanol–water partition coefficient (Wildman–Crippen LogP) is 3.89. The minimum atomic E-state index is -0.361. The van der Waals surface area contributed by atoms with Gasteiger partial charge in [-0.3, -0.25) is 9.20 Å². The van der Waals surface area contributed by atoms with Crippen molar-refractivity contribution >= 4 is 57.3 Å². The van der Waals surface area contributed by atoms with E-state index in [1.807, 2.05) is 12.1 Å². The maximum Gasteiger partial charge on any atom is 0.270 e. The van der Waals surface area contributed by atoms with Crippen LogP contribution in [0.3, 0.4) is 0 Å². The van der Waals surface area contributed by atoms with E-state index in [1.54, 1.807) is 35.0 Å². The lowest BCUT2D eigenvalue weighted by Gasteiger charge is -2.29. The van der Waals surface area contributed by atoms with Crippen molar-refractivity contribution in [3.05, 3.63) is 81.5 Å². The SMILES string of the molecule is O=c1c2cnc(Nc3ccc(N4CCNCC4)cc3)nc2n2ccnc2n1-c1c(Cl)cccc1Cl. The number of nitrogens with one attached hydrogen (secondary N) is 2. The molecule has 11 heteroatoms. The number of piperazine rings is 1. The molecule has 4 heterocycles. The number of nitrogens with zero attached hydrogens (tertiary/aromatic N) is 6. The van der Waals surface area contributed by atoms with Gasteiger partial charge in [0.25, 0.3) is 5.56 Å². The third kappa shape index (κ3) is 3.87. The fourth-order valence-electron chi connectivity index (χ4n) is 4.32. The van der Waals surface area contributed by atoms with Gasteiger partial charge in [-0.2, -0.15) is 4.98 Å². The monoisotopic (exact) mass is 506 g/mol. The minimum absolute atomic E-state index is 0.311. The van der Waals surface area contributed by atoms with E-state index in [4.69, 9.17) is 23.2 Å². The Kier molecular flexibility index (Phi) is 5.52. The van der Waals surface area contributed by atoms with E-state index in [2.05, 4.69) is 42.6 Å². The summed E-state index contributed by atoms with van der Waals surface area (Å²) in [5, 5.41) is 7.58. The molecule has 0 amide bonds. The summed E-state index contributed by atoms with van der Waals surface area (Å²) in [6.45, 7) is 3.94. The molecular weight excluding hydrogens is 487 g/mol. The Bertz CT molecular complexity index is 1590. The molecule has 0 bridgehead atoms. The molecule has 6 rings (SSSR count). The van der Waals surface area contributed by atoms with Crippen molar-refractivity contribution < 1.29 is 0 Å². The maximum atomic E-state index is 13.5. The van der Waals surface area contributed by atoms with Crippen LogP contribution in [0.5, 0.6) is 0 Å². The second-order valence-electron chi connectivity index (χ2n) is 8.15. The van der Waals surface area contributed by atoms with Crippen LogP contribution in [0.2, 0.25) is 10.0 Å². The van der Waals surface area contributed by atoms with Crippen molar-refractivity contribution in [2.45, 2.75) is 0 Å². The lowest BCUT2D eigenvalue weighted by molar-refractivity contribution is 0.589. The number of fused-ring (bicyclic) bond motifs is 3. The Morgan fingerprint density at radius 2 is 1.71 bits per heavy atom. The van der Waals surface area contributed by atoms with Crippen LogP contribution in [0.25, 0.3) is 22.5 Å². The van der Waals surface area contributed by atoms with E-state index in [0.29, 0.717) is 38.5 Å². The normalized spacial score (nSPS) is 14.1. The van der Waals surface area contributed by atoms with Gasteiger partial charge in [-0.25, -0.2) is 14.5 Å². The Hall–Kier alpha value is -3.66. The van der Waals surface area contributed by atoms with E-state index >= 15 is 0 Å². The van der Waals surface area contributed by atoms with Crippen LogP contribution in [0, 0.1) is 0 Å². The summed E-state index contributed by atoms with van der Waals surface area (Å²) in [4.78, 5) is 29.2. The number of anilines is 3. The molecule has 0 unspecified atom stereocenters. The molecular formula is C24H20Cl2N8O. The van der Waals surface area contributed by atoms with Gasteiger partial charge in [0.15, 0.2) is 5.65 Å². The molecule has 0 aliphatic carbocycles. The van der Waals surface area contributed by atoms with E-state index in [1.165, 1.54) is 16.5 Å². The Labute approximate surface area is 210 Å². The van der Waals surface area contributed by atoms with Gasteiger partial charge in [-0.15, -0.1) is 0 Å². The smallest absolute Gasteiger partial charge is 0.270 e. The molecule has 3 aromatic heterocycles. The molecule has 0 radical (unpaired) electrons. The fourth-order valence-corrected chi connectivity index (χ4v) is 4.88. The van der Waals surface area contributed by atoms with Crippen molar-refractivity contribution in [2.24, 2.45) is 0 Å². The van der Waals surface area contributed by atoms with Gasteiger partial charge in [0.2, 0.25) is 11.7 Å². The van der Waals surface area contributed by atoms with Crippen LogP contribution in [-0.2, 0) is 0 Å². The second kappa shape index (κ2) is 8.84. The van der Waals surface area contributed by atoms with Crippen molar-refractivity contribution in [1.82, 2.24) is 29.2 Å². The molecule has 35 heavy (non-hydrogen) atoms. The molecule has 1 aliphatic heterocycles. The van der Waals surface area contributed by atoms with E-state index < -0.39 is 0 Å². The third-order valence-corrected chi connectivity index (χ3v) is 6.63. The zero-order valence-electron chi connectivity index (χ0n) is 18.4. The summed E-state index contributed by atoms with van der Waals surface area (Å²) in [5.41, 5.74) is 2.46. The van der Waals surface area contributed by atoms with Crippen LogP contribution < -0.4 is 21.1 Å². The van der Waals surface area contributed by atoms with E-state index in [9.17, 15) is 4.79 Å². The van der Waals surface area contributed by atoms with E-state index in [0.717, 1.165) is 31.9 Å². The molecule has 1 fully saturated rings. The predicted molar refractivity (Wildman–Crippen MR) is 139 cm³/mol. The lowest BCUT2D eigenvalue weighted by atomic mass is 10.2. The highest BCUT2D eigenvalue weighted by molar-refractivity contribution is 6.37. The number of halogens is 2. The van der Waals surface area contributed by atoms with Gasteiger partial charge in [-0.1, -0.05) is 29.3 Å². The summed E-state index contributed by atoms with van der Waals surface area (Å²) in [5.74, 6) is 0.720. The lowest BCUT2D eigenvalue weighted by Crippen LogP contribution is -2.43. The zero-order valence-corrected chi connectivity index (χ0v) is 20.0. The Morgan fingerprint density at radius 3 is 2.46 bits per heavy atom. The van der Waals surface area contributed by atoms with Crippen LogP contribution in [0.4, 0.5) is 17.3 Å². The summed E-state index contributed by atoms with van der Waals surface area (Å²) < 4.78 is 3.11. The number of hydrogen-bond donors (Lipinski definition) is 2. The number of imidazole rings is 1. The molecule has 0 atom stereocenters. The summed E-state index contributed by atoms with van der Waals surface area (Å²) >= 11 is 12.8. The van der Waals surface area contributed by atoms with Gasteiger partial charge in [0.05, 0.1) is 15.7 Å². The van der Waals surface area contributed by atoms with Crippen molar-refractivity contribution in [3.8, 4) is 5.69 Å². The van der Waals surface area contributed by atoms with Crippen LogP contribution in [0.15, 0.2) is 65.8 Å². The highest BCUT2D eigenvalue weighted by Crippen LogP contribution is 2.29. The first-order valence-corrected chi connectivity index (χ1v) is 11.9. The topological polar surface area (TPSA) is 92.4 Å². The molecule has 9 nitrogen and oxygen atoms in total. The Morgan fingerprint density at radius 1 is 0.971 bits per heavy atom. The van der Waals surface area contributed by atoms with Crippen LogP contribution in [0.1, 0.15) is 0 Å². The highest BCUT2D eigenvalue weighted by atomic mass is 35.5. The molecule has 1 saturated heterocycles. The number of para-hydroxylation sites is 1. The minimum Gasteiger partial charge on any atom is -0.369 e. The first kappa shape index (κ1) is 21.8. The second-order valence-corrected chi connectivity index (χ2v) is 8.96. The van der Waals surface area contributed by atoms with Crippen LogP contribution >= 0.6 is 23.2 Å². The Balaban J connectivity index is 1.39. The van der Waals surface area contributed by atoms with Crippen molar-refractivity contribution in [1.29, 1.82) is 0 Å². The zero-order chi connectivity index (χ0) is 23.9. The molecule has 2 aromatic carbocycles. The summed E-state index contributed by atoms with van der Waals surface area (Å²) in [6, 6.07) is 13.2. The molecule has 1 aliphatic rings. The quantitative estimate of drug-likeness (QED) is 0.382. The number of aromatic nitrogens is 5. The first-order chi connectivity index (χ1) is 17.1.